The second-order valence-corrected chi connectivity index (χ2v) is 6.85. The lowest BCUT2D eigenvalue weighted by atomic mass is 9.98. The van der Waals surface area contributed by atoms with Crippen LogP contribution in [0.2, 0.25) is 0 Å². The van der Waals surface area contributed by atoms with Gasteiger partial charge >= 0.3 is 0 Å². The number of aromatic nitrogens is 3. The van der Waals surface area contributed by atoms with Gasteiger partial charge in [-0.1, -0.05) is 0 Å². The monoisotopic (exact) mass is 312 g/mol. The van der Waals surface area contributed by atoms with Crippen molar-refractivity contribution in [3.05, 3.63) is 47.8 Å². The lowest BCUT2D eigenvalue weighted by molar-refractivity contribution is 0.131. The zero-order valence-corrected chi connectivity index (χ0v) is 13.7. The highest BCUT2D eigenvalue weighted by Crippen LogP contribution is 2.34. The first-order valence-electron chi connectivity index (χ1n) is 8.47. The van der Waals surface area contributed by atoms with E-state index in [4.69, 9.17) is 9.72 Å². The number of ether oxygens (including phenoxy) is 1. The van der Waals surface area contributed by atoms with Gasteiger partial charge in [-0.15, -0.1) is 0 Å². The van der Waals surface area contributed by atoms with Gasteiger partial charge in [-0.3, -0.25) is 9.88 Å². The van der Waals surface area contributed by atoms with Crippen LogP contribution in [0.3, 0.4) is 0 Å². The zero-order valence-electron chi connectivity index (χ0n) is 13.7. The Labute approximate surface area is 137 Å². The molecule has 1 atom stereocenters. The Hall–Kier alpha value is -1.72. The molecule has 1 fully saturated rings. The van der Waals surface area contributed by atoms with Crippen molar-refractivity contribution in [2.75, 3.05) is 20.3 Å². The van der Waals surface area contributed by atoms with Gasteiger partial charge in [-0.25, -0.2) is 4.98 Å². The molecule has 1 saturated carbocycles. The summed E-state index contributed by atoms with van der Waals surface area (Å²) in [6.45, 7) is 4.79. The van der Waals surface area contributed by atoms with Crippen molar-refractivity contribution in [1.29, 1.82) is 0 Å². The molecule has 0 saturated heterocycles. The Morgan fingerprint density at radius 1 is 1.26 bits per heavy atom. The predicted molar refractivity (Wildman–Crippen MR) is 87.9 cm³/mol. The van der Waals surface area contributed by atoms with Gasteiger partial charge in [-0.05, 0) is 36.5 Å². The lowest BCUT2D eigenvalue weighted by Crippen LogP contribution is -2.36. The lowest BCUT2D eigenvalue weighted by Gasteiger charge is -2.33. The molecule has 2 aliphatic rings. The van der Waals surface area contributed by atoms with Crippen LogP contribution in [-0.2, 0) is 24.4 Å². The maximum Gasteiger partial charge on any atom is 0.0952 e. The van der Waals surface area contributed by atoms with Gasteiger partial charge in [0.2, 0.25) is 0 Å². The first kappa shape index (κ1) is 14.8. The average molecular weight is 312 g/mol. The number of pyridine rings is 1. The minimum absolute atomic E-state index is 0.409. The van der Waals surface area contributed by atoms with E-state index < -0.39 is 0 Å². The average Bonchev–Trinajstić information content (AvgIpc) is 3.28. The predicted octanol–water partition coefficient (Wildman–Crippen LogP) is 2.43. The van der Waals surface area contributed by atoms with Crippen molar-refractivity contribution in [2.45, 2.75) is 38.4 Å². The largest absolute Gasteiger partial charge is 0.384 e. The molecule has 2 aromatic rings. The van der Waals surface area contributed by atoms with Crippen molar-refractivity contribution in [3.63, 3.8) is 0 Å². The van der Waals surface area contributed by atoms with E-state index in [0.717, 1.165) is 38.7 Å². The Balaban J connectivity index is 1.54. The van der Waals surface area contributed by atoms with Crippen molar-refractivity contribution in [3.8, 4) is 0 Å². The van der Waals surface area contributed by atoms with E-state index >= 15 is 0 Å². The number of fused-ring (bicyclic) bond motifs is 1. The van der Waals surface area contributed by atoms with Crippen LogP contribution in [-0.4, -0.2) is 39.7 Å². The highest BCUT2D eigenvalue weighted by atomic mass is 16.5. The molecule has 0 N–H and O–H groups in total. The van der Waals surface area contributed by atoms with Crippen molar-refractivity contribution in [2.24, 2.45) is 5.92 Å². The van der Waals surface area contributed by atoms with Crippen molar-refractivity contribution < 1.29 is 4.74 Å². The molecule has 23 heavy (non-hydrogen) atoms. The smallest absolute Gasteiger partial charge is 0.0952 e. The van der Waals surface area contributed by atoms with E-state index in [-0.39, 0.29) is 0 Å². The molecule has 0 bridgehead atoms. The number of hydrogen-bond donors (Lipinski definition) is 0. The summed E-state index contributed by atoms with van der Waals surface area (Å²) in [6, 6.07) is 4.18. The van der Waals surface area contributed by atoms with E-state index in [2.05, 4.69) is 26.6 Å². The SMILES string of the molecule is COCC1CN(Cc2ccncc2)Cc2ncn(CC3CC3)c21. The number of nitrogens with zero attached hydrogens (tertiary/aromatic N) is 4. The summed E-state index contributed by atoms with van der Waals surface area (Å²) < 4.78 is 7.89. The van der Waals surface area contributed by atoms with Gasteiger partial charge in [0.15, 0.2) is 0 Å². The second-order valence-electron chi connectivity index (χ2n) is 6.85. The molecule has 5 nitrogen and oxygen atoms in total. The normalized spacial score (nSPS) is 21.3. The topological polar surface area (TPSA) is 43.2 Å². The molecule has 122 valence electrons. The number of rotatable bonds is 6. The molecular formula is C18H24N4O. The van der Waals surface area contributed by atoms with E-state index in [0.29, 0.717) is 5.92 Å². The molecule has 1 aliphatic heterocycles. The molecule has 0 aromatic carbocycles. The number of hydrogen-bond acceptors (Lipinski definition) is 4. The maximum atomic E-state index is 5.50. The molecule has 5 heteroatoms. The summed E-state index contributed by atoms with van der Waals surface area (Å²) in [5.41, 5.74) is 3.94. The fourth-order valence-electron chi connectivity index (χ4n) is 3.62. The Bertz CT molecular complexity index is 650. The third kappa shape index (κ3) is 3.31. The van der Waals surface area contributed by atoms with Crippen LogP contribution in [0.15, 0.2) is 30.9 Å². The van der Waals surface area contributed by atoms with Crippen LogP contribution in [0, 0.1) is 5.92 Å². The summed E-state index contributed by atoms with van der Waals surface area (Å²) >= 11 is 0. The first-order chi connectivity index (χ1) is 11.3. The van der Waals surface area contributed by atoms with Crippen LogP contribution in [0.25, 0.3) is 0 Å². The summed E-state index contributed by atoms with van der Waals surface area (Å²) in [5, 5.41) is 0. The minimum Gasteiger partial charge on any atom is -0.384 e. The minimum atomic E-state index is 0.409. The van der Waals surface area contributed by atoms with Crippen LogP contribution < -0.4 is 0 Å². The summed E-state index contributed by atoms with van der Waals surface area (Å²) in [7, 11) is 1.79. The molecule has 1 aliphatic carbocycles. The summed E-state index contributed by atoms with van der Waals surface area (Å²) in [6.07, 6.45) is 8.51. The number of imidazole rings is 1. The fraction of sp³-hybridized carbons (Fsp3) is 0.556. The Morgan fingerprint density at radius 3 is 2.83 bits per heavy atom. The standard InChI is InChI=1S/C18H24N4O/c1-23-12-16-10-21(8-15-4-6-19-7-5-15)11-17-18(16)22(13-20-17)9-14-2-3-14/h4-7,13-14,16H,2-3,8-12H2,1H3. The second kappa shape index (κ2) is 6.42. The first-order valence-corrected chi connectivity index (χ1v) is 8.47. The number of methoxy groups -OCH3 is 1. The van der Waals surface area contributed by atoms with Gasteiger partial charge in [0.25, 0.3) is 0 Å². The fourth-order valence-corrected chi connectivity index (χ4v) is 3.62. The molecule has 1 unspecified atom stereocenters. The molecule has 3 heterocycles. The van der Waals surface area contributed by atoms with Gasteiger partial charge in [-0.2, -0.15) is 0 Å². The molecule has 4 rings (SSSR count). The zero-order chi connectivity index (χ0) is 15.6. The highest BCUT2D eigenvalue weighted by molar-refractivity contribution is 5.23. The van der Waals surface area contributed by atoms with Gasteiger partial charge in [0.1, 0.15) is 0 Å². The van der Waals surface area contributed by atoms with Crippen LogP contribution in [0.5, 0.6) is 0 Å². The maximum absolute atomic E-state index is 5.50. The third-order valence-corrected chi connectivity index (χ3v) is 4.87. The van der Waals surface area contributed by atoms with Crippen molar-refractivity contribution in [1.82, 2.24) is 19.4 Å². The Morgan fingerprint density at radius 2 is 2.09 bits per heavy atom. The quantitative estimate of drug-likeness (QED) is 0.822. The molecular weight excluding hydrogens is 288 g/mol. The summed E-state index contributed by atoms with van der Waals surface area (Å²) in [4.78, 5) is 11.3. The highest BCUT2D eigenvalue weighted by Gasteiger charge is 2.31. The molecule has 0 amide bonds. The van der Waals surface area contributed by atoms with E-state index in [1.807, 2.05) is 18.7 Å². The van der Waals surface area contributed by atoms with E-state index in [9.17, 15) is 0 Å². The van der Waals surface area contributed by atoms with E-state index in [1.54, 1.807) is 7.11 Å². The van der Waals surface area contributed by atoms with Crippen LogP contribution in [0.1, 0.15) is 35.7 Å². The van der Waals surface area contributed by atoms with Crippen LogP contribution in [0.4, 0.5) is 0 Å². The van der Waals surface area contributed by atoms with Gasteiger partial charge in [0, 0.05) is 57.3 Å². The molecule has 2 aromatic heterocycles. The van der Waals surface area contributed by atoms with E-state index in [1.165, 1.54) is 29.8 Å². The van der Waals surface area contributed by atoms with Crippen LogP contribution >= 0.6 is 0 Å². The third-order valence-electron chi connectivity index (χ3n) is 4.87. The van der Waals surface area contributed by atoms with Gasteiger partial charge < -0.3 is 9.30 Å². The molecule has 0 radical (unpaired) electrons. The summed E-state index contributed by atoms with van der Waals surface area (Å²) in [5.74, 6) is 1.28. The van der Waals surface area contributed by atoms with Gasteiger partial charge in [0.05, 0.1) is 18.6 Å². The molecule has 0 spiro atoms. The van der Waals surface area contributed by atoms with Crippen molar-refractivity contribution >= 4 is 0 Å². The Kier molecular flexibility index (Phi) is 4.14.